The topological polar surface area (TPSA) is 54.4 Å². The van der Waals surface area contributed by atoms with Crippen LogP contribution in [0.15, 0.2) is 16.7 Å². The van der Waals surface area contributed by atoms with Crippen molar-refractivity contribution in [2.75, 3.05) is 19.0 Å². The highest BCUT2D eigenvalue weighted by atomic mass is 79.9. The Morgan fingerprint density at radius 3 is 3.00 bits per heavy atom. The lowest BCUT2D eigenvalue weighted by Crippen LogP contribution is -2.19. The van der Waals surface area contributed by atoms with Gasteiger partial charge in [-0.25, -0.2) is 4.98 Å². The molecule has 0 bridgehead atoms. The lowest BCUT2D eigenvalue weighted by Gasteiger charge is -2.13. The van der Waals surface area contributed by atoms with E-state index in [-0.39, 0.29) is 12.7 Å². The number of rotatable bonds is 5. The van der Waals surface area contributed by atoms with E-state index in [0.29, 0.717) is 12.4 Å². The van der Waals surface area contributed by atoms with Crippen LogP contribution in [0.4, 0.5) is 5.82 Å². The van der Waals surface area contributed by atoms with E-state index in [9.17, 15) is 0 Å². The van der Waals surface area contributed by atoms with Crippen LogP contribution in [0.5, 0.6) is 0 Å². The third-order valence-corrected chi connectivity index (χ3v) is 2.50. The molecule has 5 heteroatoms. The summed E-state index contributed by atoms with van der Waals surface area (Å²) in [5.74, 6) is 0.699. The third kappa shape index (κ3) is 3.77. The van der Waals surface area contributed by atoms with Crippen LogP contribution in [0, 0.1) is 0 Å². The molecule has 4 nitrogen and oxygen atoms in total. The van der Waals surface area contributed by atoms with Gasteiger partial charge in [-0.1, -0.05) is 0 Å². The van der Waals surface area contributed by atoms with Gasteiger partial charge in [0.25, 0.3) is 0 Å². The highest BCUT2D eigenvalue weighted by Crippen LogP contribution is 2.17. The summed E-state index contributed by atoms with van der Waals surface area (Å²) in [5, 5.41) is 12.3. The van der Waals surface area contributed by atoms with Crippen molar-refractivity contribution in [3.63, 3.8) is 0 Å². The molecule has 0 saturated heterocycles. The van der Waals surface area contributed by atoms with Crippen LogP contribution in [0.2, 0.25) is 0 Å². The number of ether oxygens (including phenoxy) is 1. The fourth-order valence-electron chi connectivity index (χ4n) is 1.08. The van der Waals surface area contributed by atoms with Gasteiger partial charge >= 0.3 is 0 Å². The Morgan fingerprint density at radius 2 is 2.40 bits per heavy atom. The molecule has 0 radical (unpaired) electrons. The largest absolute Gasteiger partial charge is 0.392 e. The zero-order valence-electron chi connectivity index (χ0n) is 8.83. The van der Waals surface area contributed by atoms with E-state index in [4.69, 9.17) is 9.84 Å². The third-order valence-electron chi connectivity index (χ3n) is 2.06. The van der Waals surface area contributed by atoms with Gasteiger partial charge in [-0.15, -0.1) is 0 Å². The molecular formula is C10H15BrN2O2. The number of aliphatic hydroxyl groups excluding tert-OH is 1. The Bertz CT molecular complexity index is 320. The fraction of sp³-hybridized carbons (Fsp3) is 0.500. The monoisotopic (exact) mass is 274 g/mol. The minimum Gasteiger partial charge on any atom is -0.392 e. The van der Waals surface area contributed by atoms with Crippen LogP contribution in [-0.4, -0.2) is 29.8 Å². The lowest BCUT2D eigenvalue weighted by molar-refractivity contribution is 0.128. The summed E-state index contributed by atoms with van der Waals surface area (Å²) < 4.78 is 5.97. The van der Waals surface area contributed by atoms with Gasteiger partial charge in [0.2, 0.25) is 0 Å². The first-order chi connectivity index (χ1) is 7.17. The van der Waals surface area contributed by atoms with Crippen molar-refractivity contribution in [2.24, 2.45) is 0 Å². The second-order valence-corrected chi connectivity index (χ2v) is 4.16. The van der Waals surface area contributed by atoms with Crippen molar-refractivity contribution in [3.05, 3.63) is 22.3 Å². The van der Waals surface area contributed by atoms with Crippen LogP contribution < -0.4 is 5.32 Å². The molecule has 0 aromatic carbocycles. The molecule has 1 rings (SSSR count). The molecule has 2 N–H and O–H groups in total. The number of nitrogens with zero attached hydrogens (tertiary/aromatic N) is 1. The number of halogens is 1. The molecule has 0 spiro atoms. The summed E-state index contributed by atoms with van der Waals surface area (Å²) in [6, 6.07) is 1.84. The van der Waals surface area contributed by atoms with Crippen molar-refractivity contribution < 1.29 is 9.84 Å². The molecule has 1 atom stereocenters. The summed E-state index contributed by atoms with van der Waals surface area (Å²) in [5.41, 5.74) is 0.771. The molecule has 1 heterocycles. The molecule has 1 unspecified atom stereocenters. The van der Waals surface area contributed by atoms with Gasteiger partial charge in [-0.05, 0) is 28.9 Å². The Balaban J connectivity index is 2.67. The minimum atomic E-state index is -0.0316. The number of methoxy groups -OCH3 is 1. The van der Waals surface area contributed by atoms with Crippen LogP contribution in [0.1, 0.15) is 12.5 Å². The minimum absolute atomic E-state index is 0.0316. The number of anilines is 1. The molecule has 0 saturated carbocycles. The Hall–Kier alpha value is -0.650. The maximum atomic E-state index is 9.13. The lowest BCUT2D eigenvalue weighted by atomic mass is 10.2. The second-order valence-electron chi connectivity index (χ2n) is 3.25. The average Bonchev–Trinajstić information content (AvgIpc) is 2.26. The number of pyridine rings is 1. The summed E-state index contributed by atoms with van der Waals surface area (Å²) in [4.78, 5) is 4.18. The maximum absolute atomic E-state index is 9.13. The predicted molar refractivity (Wildman–Crippen MR) is 62.8 cm³/mol. The molecule has 0 amide bonds. The quantitative estimate of drug-likeness (QED) is 0.860. The Morgan fingerprint density at radius 1 is 1.67 bits per heavy atom. The maximum Gasteiger partial charge on any atom is 0.131 e. The smallest absolute Gasteiger partial charge is 0.131 e. The van der Waals surface area contributed by atoms with Crippen LogP contribution in [-0.2, 0) is 11.3 Å². The zero-order valence-corrected chi connectivity index (χ0v) is 10.4. The molecular weight excluding hydrogens is 260 g/mol. The van der Waals surface area contributed by atoms with E-state index in [1.807, 2.05) is 13.0 Å². The van der Waals surface area contributed by atoms with Crippen molar-refractivity contribution >= 4 is 21.7 Å². The van der Waals surface area contributed by atoms with Gasteiger partial charge in [0.1, 0.15) is 5.82 Å². The molecule has 1 aromatic rings. The van der Waals surface area contributed by atoms with Gasteiger partial charge in [-0.3, -0.25) is 0 Å². The first kappa shape index (κ1) is 12.4. The van der Waals surface area contributed by atoms with E-state index in [0.717, 1.165) is 10.0 Å². The van der Waals surface area contributed by atoms with Crippen LogP contribution in [0.25, 0.3) is 0 Å². The summed E-state index contributed by atoms with van der Waals surface area (Å²) >= 11 is 3.30. The van der Waals surface area contributed by atoms with Gasteiger partial charge in [0.05, 0.1) is 12.7 Å². The van der Waals surface area contributed by atoms with Gasteiger partial charge in [-0.2, -0.15) is 0 Å². The first-order valence-electron chi connectivity index (χ1n) is 4.69. The molecule has 1 aromatic heterocycles. The van der Waals surface area contributed by atoms with Crippen molar-refractivity contribution in [3.8, 4) is 0 Å². The number of aromatic nitrogens is 1. The standard InChI is InChI=1S/C10H15BrN2O2/c1-7(15-2)4-12-10-8(6-14)3-9(11)5-13-10/h3,5,7,14H,4,6H2,1-2H3,(H,12,13). The average molecular weight is 275 g/mol. The summed E-state index contributed by atoms with van der Waals surface area (Å²) in [6.45, 7) is 2.60. The molecule has 84 valence electrons. The number of hydrogen-bond donors (Lipinski definition) is 2. The van der Waals surface area contributed by atoms with Gasteiger partial charge in [0, 0.05) is 29.9 Å². The molecule has 0 fully saturated rings. The highest BCUT2D eigenvalue weighted by molar-refractivity contribution is 9.10. The van der Waals surface area contributed by atoms with E-state index < -0.39 is 0 Å². The van der Waals surface area contributed by atoms with Crippen molar-refractivity contribution in [1.82, 2.24) is 4.98 Å². The first-order valence-corrected chi connectivity index (χ1v) is 5.48. The van der Waals surface area contributed by atoms with Gasteiger partial charge < -0.3 is 15.2 Å². The molecule has 0 aliphatic rings. The summed E-state index contributed by atoms with van der Waals surface area (Å²) in [6.07, 6.45) is 1.81. The van der Waals surface area contributed by atoms with E-state index in [1.165, 1.54) is 0 Å². The fourth-order valence-corrected chi connectivity index (χ4v) is 1.46. The zero-order chi connectivity index (χ0) is 11.3. The normalized spacial score (nSPS) is 12.5. The molecule has 0 aliphatic heterocycles. The van der Waals surface area contributed by atoms with Crippen LogP contribution in [0.3, 0.4) is 0 Å². The number of aliphatic hydroxyl groups is 1. The van der Waals surface area contributed by atoms with E-state index in [1.54, 1.807) is 13.3 Å². The van der Waals surface area contributed by atoms with Crippen LogP contribution >= 0.6 is 15.9 Å². The molecule has 0 aliphatic carbocycles. The predicted octanol–water partition coefficient (Wildman–Crippen LogP) is 1.78. The second kappa shape index (κ2) is 6.05. The van der Waals surface area contributed by atoms with E-state index in [2.05, 4.69) is 26.2 Å². The summed E-state index contributed by atoms with van der Waals surface area (Å²) in [7, 11) is 1.66. The number of nitrogens with one attached hydrogen (secondary N) is 1. The number of hydrogen-bond acceptors (Lipinski definition) is 4. The SMILES string of the molecule is COC(C)CNc1ncc(Br)cc1CO. The van der Waals surface area contributed by atoms with Crippen molar-refractivity contribution in [2.45, 2.75) is 19.6 Å². The molecule has 15 heavy (non-hydrogen) atoms. The Labute approximate surface area is 97.8 Å². The Kier molecular flexibility index (Phi) is 5.01. The van der Waals surface area contributed by atoms with Gasteiger partial charge in [0.15, 0.2) is 0 Å². The highest BCUT2D eigenvalue weighted by Gasteiger charge is 2.05. The van der Waals surface area contributed by atoms with Crippen molar-refractivity contribution in [1.29, 1.82) is 0 Å². The van der Waals surface area contributed by atoms with E-state index >= 15 is 0 Å².